The normalized spacial score (nSPS) is 8.67. The van der Waals surface area contributed by atoms with Crippen molar-refractivity contribution in [3.05, 3.63) is 29.3 Å². The number of rotatable bonds is 2. The maximum Gasteiger partial charge on any atom is 0.310 e. The molecule has 1 aromatic rings. The number of hydrogen-bond donors (Lipinski definition) is 2. The lowest BCUT2D eigenvalue weighted by atomic mass is 10.3. The maximum atomic E-state index is 9.87. The highest BCUT2D eigenvalue weighted by atomic mass is 35.5. The molecule has 0 aliphatic heterocycles. The van der Waals surface area contributed by atoms with Crippen molar-refractivity contribution < 1.29 is 14.7 Å². The Labute approximate surface area is 92.7 Å². The minimum Gasteiger partial charge on any atom is -0.481 e. The van der Waals surface area contributed by atoms with E-state index in [1.165, 1.54) is 6.92 Å². The van der Waals surface area contributed by atoms with Crippen LogP contribution in [0.5, 0.6) is 0 Å². The first kappa shape index (κ1) is 13.5. The molecule has 0 aliphatic carbocycles. The molecule has 0 unspecified atom stereocenters. The third-order valence-corrected chi connectivity index (χ3v) is 1.52. The summed E-state index contributed by atoms with van der Waals surface area (Å²) >= 11 is 5.56. The van der Waals surface area contributed by atoms with Crippen molar-refractivity contribution in [3.63, 3.8) is 0 Å². The summed E-state index contributed by atoms with van der Waals surface area (Å²) in [6.45, 7) is 1.24. The van der Waals surface area contributed by atoms with Crippen molar-refractivity contribution in [2.24, 2.45) is 0 Å². The lowest BCUT2D eigenvalue weighted by Gasteiger charge is -1.88. The van der Waals surface area contributed by atoms with E-state index < -0.39 is 5.97 Å². The van der Waals surface area contributed by atoms with Crippen LogP contribution in [0.4, 0.5) is 5.69 Å². The summed E-state index contributed by atoms with van der Waals surface area (Å²) in [6, 6.07) is 7.05. The Morgan fingerprint density at radius 3 is 2.00 bits per heavy atom. The van der Waals surface area contributed by atoms with Crippen molar-refractivity contribution in [1.29, 1.82) is 0 Å². The molecule has 3 N–H and O–H groups in total. The number of aliphatic carboxylic acids is 1. The molecule has 0 spiro atoms. The lowest BCUT2D eigenvalue weighted by molar-refractivity contribution is -0.139. The first-order chi connectivity index (χ1) is 6.91. The standard InChI is InChI=1S/C6H6ClN.C4H6O3/c7-5-1-3-6(8)4-2-5;1-3(5)2-4(6)7/h1-4H,8H2;2H2,1H3,(H,6,7). The minimum absolute atomic E-state index is 0.312. The second-order valence-corrected chi connectivity index (χ2v) is 3.26. The monoisotopic (exact) mass is 229 g/mol. The number of halogens is 1. The van der Waals surface area contributed by atoms with Gasteiger partial charge in [-0.1, -0.05) is 11.6 Å². The number of carboxylic acid groups (broad SMARTS) is 1. The number of Topliss-reactive ketones (excluding diaryl/α,β-unsaturated/α-hetero) is 1. The van der Waals surface area contributed by atoms with E-state index in [1.54, 1.807) is 24.3 Å². The van der Waals surface area contributed by atoms with E-state index in [4.69, 9.17) is 22.4 Å². The molecule has 0 radical (unpaired) electrons. The van der Waals surface area contributed by atoms with Crippen LogP contribution in [-0.4, -0.2) is 16.9 Å². The molecule has 4 nitrogen and oxygen atoms in total. The van der Waals surface area contributed by atoms with Crippen molar-refractivity contribution in [2.75, 3.05) is 5.73 Å². The molecule has 0 amide bonds. The van der Waals surface area contributed by atoms with Crippen LogP contribution >= 0.6 is 11.6 Å². The average Bonchev–Trinajstić information content (AvgIpc) is 2.09. The van der Waals surface area contributed by atoms with E-state index in [9.17, 15) is 9.59 Å². The van der Waals surface area contributed by atoms with Crippen LogP contribution in [0.15, 0.2) is 24.3 Å². The molecular formula is C10H12ClNO3. The van der Waals surface area contributed by atoms with Gasteiger partial charge in [0.1, 0.15) is 12.2 Å². The number of carbonyl (C=O) groups excluding carboxylic acids is 1. The molecule has 5 heteroatoms. The van der Waals surface area contributed by atoms with Crippen molar-refractivity contribution in [1.82, 2.24) is 0 Å². The van der Waals surface area contributed by atoms with Crippen LogP contribution in [0, 0.1) is 0 Å². The van der Waals surface area contributed by atoms with Gasteiger partial charge in [-0.2, -0.15) is 0 Å². The first-order valence-corrected chi connectivity index (χ1v) is 4.52. The highest BCUT2D eigenvalue weighted by Crippen LogP contribution is 2.09. The van der Waals surface area contributed by atoms with Crippen LogP contribution < -0.4 is 5.73 Å². The zero-order valence-electron chi connectivity index (χ0n) is 8.24. The van der Waals surface area contributed by atoms with Gasteiger partial charge in [0.25, 0.3) is 0 Å². The Morgan fingerprint density at radius 1 is 1.33 bits per heavy atom. The van der Waals surface area contributed by atoms with Crippen LogP contribution in [0.3, 0.4) is 0 Å². The lowest BCUT2D eigenvalue weighted by Crippen LogP contribution is -2.00. The molecule has 15 heavy (non-hydrogen) atoms. The zero-order valence-corrected chi connectivity index (χ0v) is 8.99. The summed E-state index contributed by atoms with van der Waals surface area (Å²) in [6.07, 6.45) is -0.361. The zero-order chi connectivity index (χ0) is 11.8. The fourth-order valence-corrected chi connectivity index (χ4v) is 0.802. The summed E-state index contributed by atoms with van der Waals surface area (Å²) in [5.74, 6) is -1.37. The number of nitrogen functional groups attached to an aromatic ring is 1. The van der Waals surface area contributed by atoms with Crippen molar-refractivity contribution in [2.45, 2.75) is 13.3 Å². The highest BCUT2D eigenvalue weighted by molar-refractivity contribution is 6.30. The summed E-state index contributed by atoms with van der Waals surface area (Å²) < 4.78 is 0. The predicted octanol–water partition coefficient (Wildman–Crippen LogP) is 1.97. The maximum absolute atomic E-state index is 9.87. The first-order valence-electron chi connectivity index (χ1n) is 4.14. The number of hydrogen-bond acceptors (Lipinski definition) is 3. The van der Waals surface area contributed by atoms with E-state index in [0.717, 1.165) is 10.7 Å². The summed E-state index contributed by atoms with van der Waals surface area (Å²) in [5.41, 5.74) is 6.11. The second-order valence-electron chi connectivity index (χ2n) is 2.82. The van der Waals surface area contributed by atoms with E-state index in [-0.39, 0.29) is 12.2 Å². The smallest absolute Gasteiger partial charge is 0.310 e. The molecule has 0 aliphatic rings. The number of anilines is 1. The summed E-state index contributed by atoms with van der Waals surface area (Å²) in [5, 5.41) is 8.58. The van der Waals surface area contributed by atoms with E-state index in [2.05, 4.69) is 0 Å². The molecule has 0 aromatic heterocycles. The number of ketones is 1. The number of carboxylic acids is 1. The molecular weight excluding hydrogens is 218 g/mol. The molecule has 0 heterocycles. The Morgan fingerprint density at radius 2 is 1.80 bits per heavy atom. The molecule has 0 fully saturated rings. The van der Waals surface area contributed by atoms with Crippen LogP contribution in [0.1, 0.15) is 13.3 Å². The third kappa shape index (κ3) is 8.77. The fraction of sp³-hybridized carbons (Fsp3) is 0.200. The number of nitrogens with two attached hydrogens (primary N) is 1. The van der Waals surface area contributed by atoms with Gasteiger partial charge in [-0.3, -0.25) is 9.59 Å². The predicted molar refractivity (Wildman–Crippen MR) is 58.8 cm³/mol. The van der Waals surface area contributed by atoms with Gasteiger partial charge in [0.05, 0.1) is 0 Å². The van der Waals surface area contributed by atoms with Crippen molar-refractivity contribution in [3.8, 4) is 0 Å². The van der Waals surface area contributed by atoms with Gasteiger partial charge in [-0.05, 0) is 31.2 Å². The van der Waals surface area contributed by atoms with Gasteiger partial charge in [-0.15, -0.1) is 0 Å². The highest BCUT2D eigenvalue weighted by Gasteiger charge is 1.98. The molecule has 0 saturated heterocycles. The van der Waals surface area contributed by atoms with E-state index >= 15 is 0 Å². The Balaban J connectivity index is 0.000000265. The number of benzene rings is 1. The Kier molecular flexibility index (Phi) is 6.13. The van der Waals surface area contributed by atoms with Gasteiger partial charge in [0.2, 0.25) is 0 Å². The third-order valence-electron chi connectivity index (χ3n) is 1.27. The summed E-state index contributed by atoms with van der Waals surface area (Å²) in [7, 11) is 0. The second kappa shape index (κ2) is 6.84. The van der Waals surface area contributed by atoms with Gasteiger partial charge in [-0.25, -0.2) is 0 Å². The molecule has 1 rings (SSSR count). The molecule has 0 bridgehead atoms. The van der Waals surface area contributed by atoms with E-state index in [1.807, 2.05) is 0 Å². The van der Waals surface area contributed by atoms with Crippen LogP contribution in [0.2, 0.25) is 5.02 Å². The molecule has 0 atom stereocenters. The van der Waals surface area contributed by atoms with Crippen LogP contribution in [0.25, 0.3) is 0 Å². The Hall–Kier alpha value is -1.55. The van der Waals surface area contributed by atoms with Crippen LogP contribution in [-0.2, 0) is 9.59 Å². The average molecular weight is 230 g/mol. The summed E-state index contributed by atoms with van der Waals surface area (Å²) in [4.78, 5) is 19.5. The van der Waals surface area contributed by atoms with Gasteiger partial charge >= 0.3 is 5.97 Å². The van der Waals surface area contributed by atoms with Gasteiger partial charge in [0.15, 0.2) is 0 Å². The Bertz CT molecular complexity index is 302. The van der Waals surface area contributed by atoms with Gasteiger partial charge in [0, 0.05) is 10.7 Å². The molecule has 82 valence electrons. The topological polar surface area (TPSA) is 80.4 Å². The molecule has 1 aromatic carbocycles. The van der Waals surface area contributed by atoms with Crippen molar-refractivity contribution >= 4 is 29.0 Å². The number of carbonyl (C=O) groups is 2. The largest absolute Gasteiger partial charge is 0.481 e. The fourth-order valence-electron chi connectivity index (χ4n) is 0.676. The SMILES string of the molecule is CC(=O)CC(=O)O.Nc1ccc(Cl)cc1. The molecule has 0 saturated carbocycles. The van der Waals surface area contributed by atoms with E-state index in [0.29, 0.717) is 0 Å². The minimum atomic E-state index is -1.06. The van der Waals surface area contributed by atoms with Gasteiger partial charge < -0.3 is 10.8 Å². The quantitative estimate of drug-likeness (QED) is 0.600.